The van der Waals surface area contributed by atoms with Crippen molar-refractivity contribution >= 4 is 33.4 Å². The molecular weight excluding hydrogens is 344 g/mol. The van der Waals surface area contributed by atoms with Gasteiger partial charge in [0.05, 0.1) is 10.6 Å². The largest absolute Gasteiger partial charge is 0.339 e. The van der Waals surface area contributed by atoms with Crippen molar-refractivity contribution in [2.75, 3.05) is 10.5 Å². The fourth-order valence-electron chi connectivity index (χ4n) is 2.43. The van der Waals surface area contributed by atoms with E-state index >= 15 is 0 Å². The Kier molecular flexibility index (Phi) is 4.56. The van der Waals surface area contributed by atoms with Gasteiger partial charge < -0.3 is 5.32 Å². The Balaban J connectivity index is 1.84. The highest BCUT2D eigenvalue weighted by molar-refractivity contribution is 8.00. The van der Waals surface area contributed by atoms with Gasteiger partial charge >= 0.3 is 0 Å². The fraction of sp³-hybridized carbons (Fsp3) is 0.235. The number of thioether (sulfide) groups is 1. The van der Waals surface area contributed by atoms with E-state index in [1.165, 1.54) is 11.8 Å². The lowest BCUT2D eigenvalue weighted by atomic mass is 10.1. The van der Waals surface area contributed by atoms with Gasteiger partial charge in [-0.3, -0.25) is 9.52 Å². The molecule has 7 heteroatoms. The van der Waals surface area contributed by atoms with Crippen LogP contribution in [-0.4, -0.2) is 20.1 Å². The summed E-state index contributed by atoms with van der Waals surface area (Å²) in [5, 5.41) is 2.72. The van der Waals surface area contributed by atoms with Crippen LogP contribution in [0.5, 0.6) is 0 Å². The van der Waals surface area contributed by atoms with Gasteiger partial charge in [0, 0.05) is 5.69 Å². The van der Waals surface area contributed by atoms with E-state index in [2.05, 4.69) is 10.0 Å². The lowest BCUT2D eigenvalue weighted by Gasteiger charge is -2.13. The molecule has 126 valence electrons. The molecule has 0 spiro atoms. The van der Waals surface area contributed by atoms with E-state index < -0.39 is 10.0 Å². The second kappa shape index (κ2) is 6.49. The summed E-state index contributed by atoms with van der Waals surface area (Å²) in [5.74, 6) is 0.412. The number of hydrogen-bond acceptors (Lipinski definition) is 4. The van der Waals surface area contributed by atoms with E-state index in [-0.39, 0.29) is 16.2 Å². The SMILES string of the molecule is Cc1ccc(S(=O)(=O)Nc2cccc([C@H]3NC(=O)CS3)c2)cc1C. The Labute approximate surface area is 145 Å². The van der Waals surface area contributed by atoms with E-state index in [4.69, 9.17) is 0 Å². The number of carbonyl (C=O) groups is 1. The third-order valence-electron chi connectivity index (χ3n) is 3.90. The molecule has 1 amide bonds. The van der Waals surface area contributed by atoms with Gasteiger partial charge in [-0.15, -0.1) is 11.8 Å². The molecule has 1 fully saturated rings. The maximum atomic E-state index is 12.6. The topological polar surface area (TPSA) is 75.3 Å². The fourth-order valence-corrected chi connectivity index (χ4v) is 4.52. The Morgan fingerprint density at radius 2 is 1.92 bits per heavy atom. The number of nitrogens with one attached hydrogen (secondary N) is 2. The maximum Gasteiger partial charge on any atom is 0.261 e. The summed E-state index contributed by atoms with van der Waals surface area (Å²) >= 11 is 1.49. The average molecular weight is 362 g/mol. The van der Waals surface area contributed by atoms with Crippen LogP contribution in [0.4, 0.5) is 5.69 Å². The molecule has 1 aliphatic rings. The predicted octanol–water partition coefficient (Wildman–Crippen LogP) is 2.97. The first-order chi connectivity index (χ1) is 11.3. The zero-order chi connectivity index (χ0) is 17.3. The average Bonchev–Trinajstić information content (AvgIpc) is 2.96. The summed E-state index contributed by atoms with van der Waals surface area (Å²) in [4.78, 5) is 11.6. The van der Waals surface area contributed by atoms with Crippen molar-refractivity contribution in [2.45, 2.75) is 24.1 Å². The van der Waals surface area contributed by atoms with Gasteiger partial charge in [-0.05, 0) is 54.8 Å². The zero-order valence-corrected chi connectivity index (χ0v) is 15.0. The summed E-state index contributed by atoms with van der Waals surface area (Å²) in [5.41, 5.74) is 3.32. The monoisotopic (exact) mass is 362 g/mol. The van der Waals surface area contributed by atoms with Crippen molar-refractivity contribution in [2.24, 2.45) is 0 Å². The Morgan fingerprint density at radius 1 is 1.12 bits per heavy atom. The molecule has 2 aromatic carbocycles. The van der Waals surface area contributed by atoms with E-state index in [0.717, 1.165) is 16.7 Å². The van der Waals surface area contributed by atoms with Crippen LogP contribution in [0, 0.1) is 13.8 Å². The van der Waals surface area contributed by atoms with Crippen molar-refractivity contribution < 1.29 is 13.2 Å². The highest BCUT2D eigenvalue weighted by atomic mass is 32.2. The minimum Gasteiger partial charge on any atom is -0.339 e. The lowest BCUT2D eigenvalue weighted by molar-refractivity contribution is -0.118. The number of sulfonamides is 1. The molecular formula is C17H18N2O3S2. The molecule has 2 N–H and O–H groups in total. The first kappa shape index (κ1) is 16.9. The van der Waals surface area contributed by atoms with Gasteiger partial charge in [0.25, 0.3) is 10.0 Å². The molecule has 1 atom stereocenters. The first-order valence-electron chi connectivity index (χ1n) is 7.46. The molecule has 0 radical (unpaired) electrons. The van der Waals surface area contributed by atoms with Gasteiger partial charge in [0.2, 0.25) is 5.91 Å². The number of aryl methyl sites for hydroxylation is 2. The first-order valence-corrected chi connectivity index (χ1v) is 9.99. The predicted molar refractivity (Wildman–Crippen MR) is 96.5 cm³/mol. The van der Waals surface area contributed by atoms with Gasteiger partial charge in [-0.2, -0.15) is 0 Å². The smallest absolute Gasteiger partial charge is 0.261 e. The number of amides is 1. The molecule has 1 aliphatic heterocycles. The van der Waals surface area contributed by atoms with Crippen molar-refractivity contribution in [3.05, 3.63) is 59.2 Å². The van der Waals surface area contributed by atoms with Crippen LogP contribution < -0.4 is 10.0 Å². The third kappa shape index (κ3) is 3.57. The van der Waals surface area contributed by atoms with Crippen LogP contribution in [0.1, 0.15) is 22.1 Å². The zero-order valence-electron chi connectivity index (χ0n) is 13.4. The molecule has 24 heavy (non-hydrogen) atoms. The van der Waals surface area contributed by atoms with Crippen LogP contribution >= 0.6 is 11.8 Å². The molecule has 0 unspecified atom stereocenters. The summed E-state index contributed by atoms with van der Waals surface area (Å²) in [6.45, 7) is 3.82. The number of carbonyl (C=O) groups excluding carboxylic acids is 1. The summed E-state index contributed by atoms with van der Waals surface area (Å²) in [6, 6.07) is 12.2. The molecule has 0 aromatic heterocycles. The summed E-state index contributed by atoms with van der Waals surface area (Å²) in [7, 11) is -3.65. The van der Waals surface area contributed by atoms with Gasteiger partial charge in [-0.1, -0.05) is 18.2 Å². The van der Waals surface area contributed by atoms with Gasteiger partial charge in [0.1, 0.15) is 5.37 Å². The second-order valence-electron chi connectivity index (χ2n) is 5.74. The number of hydrogen-bond donors (Lipinski definition) is 2. The van der Waals surface area contributed by atoms with E-state index in [9.17, 15) is 13.2 Å². The standard InChI is InChI=1S/C17H18N2O3S2/c1-11-6-7-15(8-12(11)2)24(21,22)19-14-5-3-4-13(9-14)17-18-16(20)10-23-17/h3-9,17,19H,10H2,1-2H3,(H,18,20)/t17-/m0/s1. The lowest BCUT2D eigenvalue weighted by Crippen LogP contribution is -2.19. The maximum absolute atomic E-state index is 12.6. The highest BCUT2D eigenvalue weighted by Crippen LogP contribution is 2.32. The Hall–Kier alpha value is -1.99. The van der Waals surface area contributed by atoms with Crippen LogP contribution in [0.2, 0.25) is 0 Å². The minimum absolute atomic E-state index is 0.00823. The van der Waals surface area contributed by atoms with Crippen LogP contribution in [0.3, 0.4) is 0 Å². The molecule has 1 saturated heterocycles. The van der Waals surface area contributed by atoms with Gasteiger partial charge in [0.15, 0.2) is 0 Å². The number of benzene rings is 2. The molecule has 0 saturated carbocycles. The second-order valence-corrected chi connectivity index (χ2v) is 8.51. The van der Waals surface area contributed by atoms with Crippen molar-refractivity contribution in [1.29, 1.82) is 0 Å². The summed E-state index contributed by atoms with van der Waals surface area (Å²) < 4.78 is 27.7. The van der Waals surface area contributed by atoms with Crippen LogP contribution in [0.15, 0.2) is 47.4 Å². The summed E-state index contributed by atoms with van der Waals surface area (Å²) in [6.07, 6.45) is 0. The highest BCUT2D eigenvalue weighted by Gasteiger charge is 2.23. The number of rotatable bonds is 4. The minimum atomic E-state index is -3.65. The molecule has 0 bridgehead atoms. The molecule has 5 nitrogen and oxygen atoms in total. The van der Waals surface area contributed by atoms with Crippen molar-refractivity contribution in [1.82, 2.24) is 5.32 Å². The van der Waals surface area contributed by atoms with Gasteiger partial charge in [-0.25, -0.2) is 8.42 Å². The third-order valence-corrected chi connectivity index (χ3v) is 6.43. The van der Waals surface area contributed by atoms with Crippen LogP contribution in [-0.2, 0) is 14.8 Å². The molecule has 3 rings (SSSR count). The number of anilines is 1. The Morgan fingerprint density at radius 3 is 2.58 bits per heavy atom. The van der Waals surface area contributed by atoms with Crippen LogP contribution in [0.25, 0.3) is 0 Å². The van der Waals surface area contributed by atoms with E-state index in [0.29, 0.717) is 11.4 Å². The van der Waals surface area contributed by atoms with E-state index in [1.54, 1.807) is 36.4 Å². The molecule has 0 aliphatic carbocycles. The molecule has 2 aromatic rings. The normalized spacial score (nSPS) is 17.6. The Bertz CT molecular complexity index is 894. The van der Waals surface area contributed by atoms with E-state index in [1.807, 2.05) is 19.9 Å². The van der Waals surface area contributed by atoms with Crippen molar-refractivity contribution in [3.8, 4) is 0 Å². The quantitative estimate of drug-likeness (QED) is 0.877. The molecule has 1 heterocycles. The van der Waals surface area contributed by atoms with Crippen molar-refractivity contribution in [3.63, 3.8) is 0 Å².